The van der Waals surface area contributed by atoms with Gasteiger partial charge in [0.2, 0.25) is 0 Å². The Morgan fingerprint density at radius 3 is 1.09 bits per heavy atom. The van der Waals surface area contributed by atoms with E-state index < -0.39 is 12.9 Å². The topological polar surface area (TPSA) is 189 Å². The molecule has 0 heterocycles. The molecule has 0 aromatic carbocycles. The van der Waals surface area contributed by atoms with Gasteiger partial charge in [0.05, 0.1) is 5.09 Å². The summed E-state index contributed by atoms with van der Waals surface area (Å²) in [4.78, 5) is 33.9. The minimum atomic E-state index is -5.39. The van der Waals surface area contributed by atoms with Gasteiger partial charge in [-0.2, -0.15) is 7.82 Å². The fraction of sp³-hybridized carbons (Fsp3) is 0. The first-order chi connectivity index (χ1) is 3.73. The van der Waals surface area contributed by atoms with Crippen molar-refractivity contribution < 1.29 is 53.9 Å². The summed E-state index contributed by atoms with van der Waals surface area (Å²) in [6.45, 7) is 0. The van der Waals surface area contributed by atoms with Crippen LogP contribution in [0.3, 0.4) is 0 Å². The van der Waals surface area contributed by atoms with E-state index in [9.17, 15) is 0 Å². The van der Waals surface area contributed by atoms with Gasteiger partial charge in [0.25, 0.3) is 0 Å². The van der Waals surface area contributed by atoms with Crippen LogP contribution < -0.4 is 50.4 Å². The molecule has 0 aliphatic rings. The normalized spacial score (nSPS) is 7.55. The monoisotopic (exact) mass is 198 g/mol. The summed E-state index contributed by atoms with van der Waals surface area (Å²) in [5.74, 6) is 0. The first-order valence-corrected chi connectivity index (χ1v) is 2.74. The maximum absolute atomic E-state index is 8.55. The summed E-state index contributed by atoms with van der Waals surface area (Å²) < 4.78 is 8.55. The second-order valence-electron chi connectivity index (χ2n) is 0.671. The fourth-order valence-electron chi connectivity index (χ4n) is 0. The Morgan fingerprint density at radius 1 is 1.09 bits per heavy atom. The average molecular weight is 198 g/mol. The van der Waals surface area contributed by atoms with Gasteiger partial charge in [-0.15, -0.1) is 0 Å². The molecule has 0 aromatic heterocycles. The van der Waals surface area contributed by atoms with Crippen molar-refractivity contribution in [2.75, 3.05) is 0 Å². The van der Waals surface area contributed by atoms with Crippen molar-refractivity contribution in [1.29, 1.82) is 0 Å². The van der Waals surface area contributed by atoms with Crippen LogP contribution in [0.25, 0.3) is 0 Å². The Bertz CT molecular complexity index is 116. The Hall–Kier alpha value is 0.270. The zero-order valence-corrected chi connectivity index (χ0v) is 8.65. The second-order valence-corrected chi connectivity index (χ2v) is 1.57. The molecule has 0 atom stereocenters. The van der Waals surface area contributed by atoms with Gasteiger partial charge in [-0.3, -0.25) is 0 Å². The van der Waals surface area contributed by atoms with E-state index in [0.29, 0.717) is 0 Å². The van der Waals surface area contributed by atoms with Gasteiger partial charge >= 0.3 is 29.6 Å². The summed E-state index contributed by atoms with van der Waals surface area (Å²) in [5.41, 5.74) is 0. The minimum Gasteiger partial charge on any atom is -0.822 e. The van der Waals surface area contributed by atoms with Gasteiger partial charge in [0.1, 0.15) is 0 Å². The van der Waals surface area contributed by atoms with E-state index in [0.717, 1.165) is 0 Å². The van der Waals surface area contributed by atoms with Crippen LogP contribution in [0.2, 0.25) is 0 Å². The van der Waals surface area contributed by atoms with Gasteiger partial charge < -0.3 is 40.7 Å². The maximum Gasteiger partial charge on any atom is 1.00 e. The van der Waals surface area contributed by atoms with Crippen molar-refractivity contribution in [2.24, 2.45) is 0 Å². The molecule has 0 fully saturated rings. The van der Waals surface area contributed by atoms with Crippen LogP contribution in [0.5, 0.6) is 0 Å². The van der Waals surface area contributed by atoms with Crippen LogP contribution in [-0.4, -0.2) is 5.09 Å². The summed E-state index contributed by atoms with van der Waals surface area (Å²) in [5, 5.41) is 14.8. The summed E-state index contributed by atoms with van der Waals surface area (Å²) >= 11 is 0. The predicted molar refractivity (Wildman–Crippen MR) is 24.0 cm³/mol. The van der Waals surface area contributed by atoms with Crippen molar-refractivity contribution >= 4 is 7.82 Å². The van der Waals surface area contributed by atoms with Gasteiger partial charge in [0.15, 0.2) is 0 Å². The van der Waals surface area contributed by atoms with Crippen LogP contribution >= 0.6 is 7.82 Å². The molecule has 0 rings (SSSR count). The van der Waals surface area contributed by atoms with Gasteiger partial charge in [-0.05, 0) is 0 Å². The van der Waals surface area contributed by atoms with Crippen LogP contribution in [0.15, 0.2) is 0 Å². The largest absolute Gasteiger partial charge is 1.00 e. The van der Waals surface area contributed by atoms with Crippen LogP contribution in [0.4, 0.5) is 0 Å². The molecule has 0 radical (unpaired) electrons. The van der Waals surface area contributed by atoms with Gasteiger partial charge in [-0.1, -0.05) is 0 Å². The van der Waals surface area contributed by atoms with Crippen LogP contribution in [0.1, 0.15) is 0 Å². The Kier molecular flexibility index (Phi) is 21.0. The molecular weight excluding hydrogens is 194 g/mol. The Labute approximate surface area is 83.3 Å². The number of nitrogens with zero attached hydrogens (tertiary/aromatic N) is 1. The van der Waals surface area contributed by atoms with Crippen LogP contribution in [0, 0.1) is 15.3 Å². The number of phosphoric acid groups is 1. The number of quaternary nitrogens is 1. The average Bonchev–Trinajstić information content (AvgIpc) is 1.19. The third-order valence-electron chi connectivity index (χ3n) is 0. The Balaban J connectivity index is -0.0000000383. The third-order valence-corrected chi connectivity index (χ3v) is 0. The summed E-state index contributed by atoms with van der Waals surface area (Å²) in [6.07, 6.45) is 0. The Morgan fingerprint density at radius 2 is 1.09 bits per heavy atom. The van der Waals surface area contributed by atoms with E-state index in [1.54, 1.807) is 0 Å². The van der Waals surface area contributed by atoms with E-state index in [4.69, 9.17) is 34.6 Å². The van der Waals surface area contributed by atoms with Gasteiger partial charge in [0, 0.05) is 0 Å². The number of hydrogen-bond donors (Lipinski definition) is 1. The zero-order chi connectivity index (χ0) is 8.08. The number of hydrogen-bond acceptors (Lipinski definition) is 7. The molecule has 0 amide bonds. The predicted octanol–water partition coefficient (Wildman–Crippen LogP) is -5.68. The number of rotatable bonds is 0. The van der Waals surface area contributed by atoms with Crippen molar-refractivity contribution in [3.63, 3.8) is 0 Å². The molecule has 0 unspecified atom stereocenters. The van der Waals surface area contributed by atoms with Gasteiger partial charge in [-0.25, -0.2) is 0 Å². The molecular formula is H4N2NaO7P-2. The molecule has 0 aromatic rings. The second kappa shape index (κ2) is 10.3. The van der Waals surface area contributed by atoms with Crippen molar-refractivity contribution in [1.82, 2.24) is 6.15 Å². The van der Waals surface area contributed by atoms with Crippen molar-refractivity contribution in [2.45, 2.75) is 0 Å². The SMILES string of the molecule is O=P([O-])([O-])[O-].O=[N+]([O-])[O-].[NH4+].[Na+]. The van der Waals surface area contributed by atoms with E-state index in [1.807, 2.05) is 0 Å². The molecule has 0 spiro atoms. The van der Waals surface area contributed by atoms with Crippen molar-refractivity contribution in [3.8, 4) is 0 Å². The molecule has 0 saturated heterocycles. The van der Waals surface area contributed by atoms with Crippen molar-refractivity contribution in [3.05, 3.63) is 15.3 Å². The van der Waals surface area contributed by atoms with Crippen LogP contribution in [-0.2, 0) is 4.57 Å². The molecule has 0 saturated carbocycles. The zero-order valence-electron chi connectivity index (χ0n) is 5.75. The van der Waals surface area contributed by atoms with E-state index in [-0.39, 0.29) is 35.7 Å². The smallest absolute Gasteiger partial charge is 0.822 e. The summed E-state index contributed by atoms with van der Waals surface area (Å²) in [7, 11) is -5.39. The molecule has 4 N–H and O–H groups in total. The first-order valence-electron chi connectivity index (χ1n) is 1.28. The molecule has 9 nitrogen and oxygen atoms in total. The summed E-state index contributed by atoms with van der Waals surface area (Å²) in [6, 6.07) is 0. The molecule has 0 aliphatic carbocycles. The van der Waals surface area contributed by atoms with E-state index >= 15 is 0 Å². The van der Waals surface area contributed by atoms with E-state index in [1.165, 1.54) is 0 Å². The fourth-order valence-corrected chi connectivity index (χ4v) is 0. The molecule has 11 heteroatoms. The molecule has 0 bridgehead atoms. The quantitative estimate of drug-likeness (QED) is 0.173. The molecule has 64 valence electrons. The third kappa shape index (κ3) is 9640. The van der Waals surface area contributed by atoms with E-state index in [2.05, 4.69) is 0 Å². The maximum atomic E-state index is 8.55. The minimum absolute atomic E-state index is 0. The standard InChI is InChI=1S/NO3.H3N.Na.H3O4P/c2-1(3)4;;;1-5(2,3)4/h;1H3;;(H3,1,2,3,4)/q-1;;+1;/p-2. The first kappa shape index (κ1) is 22.5. The molecule has 0 aliphatic heterocycles. The molecule has 11 heavy (non-hydrogen) atoms.